The van der Waals surface area contributed by atoms with Crippen LogP contribution < -0.4 is 0 Å². The molecule has 0 spiro atoms. The Labute approximate surface area is 304 Å². The molecule has 0 saturated heterocycles. The topological polar surface area (TPSA) is 86.7 Å². The van der Waals surface area contributed by atoms with Crippen molar-refractivity contribution in [1.29, 1.82) is 0 Å². The van der Waals surface area contributed by atoms with Crippen molar-refractivity contribution in [3.8, 4) is 0 Å². The Balaban J connectivity index is 0.000000270. The summed E-state index contributed by atoms with van der Waals surface area (Å²) in [7, 11) is -11.4. The van der Waals surface area contributed by atoms with E-state index in [0.717, 1.165) is 44.5 Å². The van der Waals surface area contributed by atoms with Crippen LogP contribution in [0.1, 0.15) is 44.5 Å². The van der Waals surface area contributed by atoms with Crippen molar-refractivity contribution in [3.63, 3.8) is 0 Å². The second-order valence-electron chi connectivity index (χ2n) is 11.4. The first kappa shape index (κ1) is 42.2. The van der Waals surface area contributed by atoms with Crippen molar-refractivity contribution in [1.82, 2.24) is 0 Å². The number of alkyl halides is 6. The zero-order valence-electron chi connectivity index (χ0n) is 28.2. The number of hydrogen-bond donors (Lipinski definition) is 0. The molecule has 0 N–H and O–H groups in total. The summed E-state index contributed by atoms with van der Waals surface area (Å²) >= 11 is -6.65. The van der Waals surface area contributed by atoms with E-state index >= 15 is 0 Å². The molecule has 0 aliphatic heterocycles. The van der Waals surface area contributed by atoms with Gasteiger partial charge in [-0.15, -0.1) is 0 Å². The molecule has 0 aromatic heterocycles. The number of halogens is 8. The molecule has 16 heteroatoms. The van der Waals surface area contributed by atoms with Crippen molar-refractivity contribution < 1.29 is 48.2 Å². The van der Waals surface area contributed by atoms with Crippen molar-refractivity contribution in [2.75, 3.05) is 0 Å². The van der Waals surface area contributed by atoms with Crippen LogP contribution in [0.25, 0.3) is 0 Å². The van der Waals surface area contributed by atoms with Crippen LogP contribution >= 0.6 is 40.5 Å². The summed E-state index contributed by atoms with van der Waals surface area (Å²) in [5.41, 5.74) is -4.18. The SMILES string of the molecule is Cc1ccc(I(OS(=O)(=O)C(F)(F)F)c2c(C)cc(C)cc2C)cc1.Cc1ccc(I(OS(=O)(=O)C(F)(F)F)c2c(C)cc(C)cc2C)cc1. The average molecular weight is 973 g/mol. The molecule has 276 valence electrons. The summed E-state index contributed by atoms with van der Waals surface area (Å²) in [6.45, 7) is 14.5. The molecular weight excluding hydrogens is 936 g/mol. The molecule has 0 unspecified atom stereocenters. The normalized spacial score (nSPS) is 13.0. The molecule has 0 bridgehead atoms. The zero-order chi connectivity index (χ0) is 38.0. The van der Waals surface area contributed by atoms with Crippen LogP contribution in [0.2, 0.25) is 0 Å². The van der Waals surface area contributed by atoms with Crippen LogP contribution in [0.4, 0.5) is 26.3 Å². The van der Waals surface area contributed by atoms with E-state index in [0.29, 0.717) is 14.3 Å². The van der Waals surface area contributed by atoms with Gasteiger partial charge in [-0.25, -0.2) is 0 Å². The fourth-order valence-electron chi connectivity index (χ4n) is 4.75. The van der Waals surface area contributed by atoms with E-state index < -0.39 is 71.7 Å². The van der Waals surface area contributed by atoms with Crippen molar-refractivity contribution in [3.05, 3.63) is 132 Å². The summed E-state index contributed by atoms with van der Waals surface area (Å²) < 4.78 is 136. The minimum absolute atomic E-state index is 0.498. The fourth-order valence-corrected chi connectivity index (χ4v) is 18.9. The summed E-state index contributed by atoms with van der Waals surface area (Å²) in [6.07, 6.45) is 0. The molecule has 50 heavy (non-hydrogen) atoms. The summed E-state index contributed by atoms with van der Waals surface area (Å²) in [4.78, 5) is 0. The van der Waals surface area contributed by atoms with E-state index in [-0.39, 0.29) is 0 Å². The number of aryl methyl sites for hydroxylation is 8. The van der Waals surface area contributed by atoms with Gasteiger partial charge in [0.1, 0.15) is 0 Å². The third-order valence-electron chi connectivity index (χ3n) is 6.78. The number of benzene rings is 4. The van der Waals surface area contributed by atoms with E-state index in [9.17, 15) is 43.2 Å². The van der Waals surface area contributed by atoms with Gasteiger partial charge in [0, 0.05) is 0 Å². The first-order valence-electron chi connectivity index (χ1n) is 14.6. The van der Waals surface area contributed by atoms with Crippen LogP contribution in [0.5, 0.6) is 0 Å². The standard InChI is InChI=1S/2C17H18F3IO3S/c2*1-11-5-7-15(8-6-11)21(24-25(22,23)17(18,19)20)16-13(3)9-12(2)10-14(16)4/h2*5-10H,1-4H3. The molecule has 0 saturated carbocycles. The summed E-state index contributed by atoms with van der Waals surface area (Å²) in [5.74, 6) is 0. The van der Waals surface area contributed by atoms with Gasteiger partial charge in [-0.05, 0) is 0 Å². The van der Waals surface area contributed by atoms with E-state index in [1.807, 2.05) is 52.0 Å². The predicted molar refractivity (Wildman–Crippen MR) is 199 cm³/mol. The van der Waals surface area contributed by atoms with Gasteiger partial charge in [-0.1, -0.05) is 0 Å². The Bertz CT molecular complexity index is 1850. The molecular formula is C34H36F6I2O6S2. The quantitative estimate of drug-likeness (QED) is 0.0993. The van der Waals surface area contributed by atoms with Gasteiger partial charge in [-0.2, -0.15) is 0 Å². The third kappa shape index (κ3) is 10.4. The second-order valence-corrected chi connectivity index (χ2v) is 24.1. The van der Waals surface area contributed by atoms with Gasteiger partial charge in [0.05, 0.1) is 0 Å². The Morgan fingerprint density at radius 2 is 0.680 bits per heavy atom. The first-order valence-corrected chi connectivity index (χ1v) is 23.5. The average Bonchev–Trinajstić information content (AvgIpc) is 2.95. The van der Waals surface area contributed by atoms with Crippen LogP contribution in [0.3, 0.4) is 0 Å². The maximum absolute atomic E-state index is 12.9. The molecule has 4 aromatic rings. The Hall–Kier alpha value is -2.26. The van der Waals surface area contributed by atoms with Gasteiger partial charge in [0.25, 0.3) is 0 Å². The van der Waals surface area contributed by atoms with Crippen LogP contribution in [-0.2, 0) is 25.3 Å². The third-order valence-corrected chi connectivity index (χ3v) is 22.6. The monoisotopic (exact) mass is 972 g/mol. The van der Waals surface area contributed by atoms with E-state index in [1.165, 1.54) is 0 Å². The molecule has 0 fully saturated rings. The van der Waals surface area contributed by atoms with Gasteiger partial charge in [0.2, 0.25) is 0 Å². The van der Waals surface area contributed by atoms with Gasteiger partial charge >= 0.3 is 307 Å². The van der Waals surface area contributed by atoms with Gasteiger partial charge in [-0.3, -0.25) is 0 Å². The number of rotatable bonds is 8. The molecule has 0 aliphatic rings. The molecule has 4 aromatic carbocycles. The van der Waals surface area contributed by atoms with Crippen molar-refractivity contribution in [2.24, 2.45) is 0 Å². The van der Waals surface area contributed by atoms with E-state index in [1.54, 1.807) is 76.2 Å². The van der Waals surface area contributed by atoms with Crippen LogP contribution in [0, 0.1) is 69.7 Å². The maximum atomic E-state index is 12.9. The molecule has 0 aliphatic carbocycles. The molecule has 4 rings (SSSR count). The molecule has 0 amide bonds. The van der Waals surface area contributed by atoms with Crippen molar-refractivity contribution >= 4 is 60.7 Å². The predicted octanol–water partition coefficient (Wildman–Crippen LogP) is 10.5. The fraction of sp³-hybridized carbons (Fsp3) is 0.294. The van der Waals surface area contributed by atoms with E-state index in [4.69, 9.17) is 5.03 Å². The summed E-state index contributed by atoms with van der Waals surface area (Å²) in [6, 6.07) is 20.8. The van der Waals surface area contributed by atoms with E-state index in [2.05, 4.69) is 0 Å². The molecule has 0 heterocycles. The Morgan fingerprint density at radius 1 is 0.440 bits per heavy atom. The molecule has 0 radical (unpaired) electrons. The zero-order valence-corrected chi connectivity index (χ0v) is 34.2. The Kier molecular flexibility index (Phi) is 13.6. The minimum atomic E-state index is -5.68. The van der Waals surface area contributed by atoms with Crippen molar-refractivity contribution in [2.45, 2.75) is 66.4 Å². The first-order chi connectivity index (χ1) is 22.8. The van der Waals surface area contributed by atoms with Gasteiger partial charge in [0.15, 0.2) is 0 Å². The summed E-state index contributed by atoms with van der Waals surface area (Å²) in [5, 5.41) is 0. The Morgan fingerprint density at radius 3 is 0.900 bits per heavy atom. The van der Waals surface area contributed by atoms with Gasteiger partial charge < -0.3 is 0 Å². The molecule has 0 atom stereocenters. The molecule has 6 nitrogen and oxygen atoms in total. The van der Waals surface area contributed by atoms with Crippen LogP contribution in [0.15, 0.2) is 72.8 Å². The van der Waals surface area contributed by atoms with Crippen LogP contribution in [-0.4, -0.2) is 27.9 Å². The number of hydrogen-bond acceptors (Lipinski definition) is 6. The second kappa shape index (κ2) is 16.2.